The number of hydrogen-bond acceptors (Lipinski definition) is 3. The molecule has 1 saturated heterocycles. The third kappa shape index (κ3) is 2.86. The SMILES string of the molecule is CCc1oc(C(=O)N2CCCC2c2ccccc2)cc1C(=O)O. The molecule has 0 saturated carbocycles. The minimum atomic E-state index is -1.06. The molecule has 23 heavy (non-hydrogen) atoms. The molecular formula is C18H19NO4. The summed E-state index contributed by atoms with van der Waals surface area (Å²) in [7, 11) is 0. The molecule has 1 N–H and O–H groups in total. The van der Waals surface area contributed by atoms with Crippen LogP contribution in [-0.4, -0.2) is 28.4 Å². The number of carbonyl (C=O) groups excluding carboxylic acids is 1. The molecular weight excluding hydrogens is 294 g/mol. The van der Waals surface area contributed by atoms with Gasteiger partial charge in [-0.2, -0.15) is 0 Å². The van der Waals surface area contributed by atoms with Gasteiger partial charge in [0, 0.05) is 19.0 Å². The first-order valence-corrected chi connectivity index (χ1v) is 7.83. The minimum absolute atomic E-state index is 0.0205. The summed E-state index contributed by atoms with van der Waals surface area (Å²) in [5.74, 6) is -0.845. The molecule has 3 rings (SSSR count). The van der Waals surface area contributed by atoms with Gasteiger partial charge in [0.15, 0.2) is 5.76 Å². The summed E-state index contributed by atoms with van der Waals surface area (Å²) in [6.07, 6.45) is 2.28. The Morgan fingerprint density at radius 3 is 2.65 bits per heavy atom. The van der Waals surface area contributed by atoms with Crippen molar-refractivity contribution in [2.45, 2.75) is 32.2 Å². The maximum absolute atomic E-state index is 12.8. The first kappa shape index (κ1) is 15.3. The molecule has 120 valence electrons. The molecule has 1 atom stereocenters. The summed E-state index contributed by atoms with van der Waals surface area (Å²) in [6.45, 7) is 2.46. The lowest BCUT2D eigenvalue weighted by atomic mass is 10.0. The molecule has 1 aromatic carbocycles. The molecule has 0 aliphatic carbocycles. The molecule has 5 nitrogen and oxygen atoms in total. The highest BCUT2D eigenvalue weighted by Gasteiger charge is 2.33. The predicted molar refractivity (Wildman–Crippen MR) is 84.5 cm³/mol. The van der Waals surface area contributed by atoms with Crippen LogP contribution in [0.4, 0.5) is 0 Å². The van der Waals surface area contributed by atoms with Crippen molar-refractivity contribution in [1.82, 2.24) is 4.90 Å². The molecule has 0 spiro atoms. The van der Waals surface area contributed by atoms with E-state index in [2.05, 4.69) is 0 Å². The van der Waals surface area contributed by atoms with Crippen molar-refractivity contribution in [1.29, 1.82) is 0 Å². The summed E-state index contributed by atoms with van der Waals surface area (Å²) in [5, 5.41) is 9.20. The van der Waals surface area contributed by atoms with Crippen molar-refractivity contribution in [3.8, 4) is 0 Å². The molecule has 1 aliphatic rings. The number of carboxylic acids is 1. The molecule has 2 aromatic rings. The van der Waals surface area contributed by atoms with Crippen LogP contribution in [0, 0.1) is 0 Å². The van der Waals surface area contributed by atoms with Gasteiger partial charge in [0.1, 0.15) is 11.3 Å². The molecule has 1 fully saturated rings. The number of likely N-dealkylation sites (tertiary alicyclic amines) is 1. The van der Waals surface area contributed by atoms with E-state index in [-0.39, 0.29) is 23.3 Å². The third-order valence-corrected chi connectivity index (χ3v) is 4.27. The highest BCUT2D eigenvalue weighted by molar-refractivity contribution is 5.96. The van der Waals surface area contributed by atoms with Gasteiger partial charge in [-0.15, -0.1) is 0 Å². The second-order valence-corrected chi connectivity index (χ2v) is 5.67. The van der Waals surface area contributed by atoms with Crippen molar-refractivity contribution >= 4 is 11.9 Å². The van der Waals surface area contributed by atoms with Gasteiger partial charge in [0.05, 0.1) is 6.04 Å². The molecule has 2 heterocycles. The summed E-state index contributed by atoms with van der Waals surface area (Å²) < 4.78 is 5.51. The Morgan fingerprint density at radius 1 is 1.30 bits per heavy atom. The maximum atomic E-state index is 12.8. The first-order chi connectivity index (χ1) is 11.1. The van der Waals surface area contributed by atoms with E-state index < -0.39 is 5.97 Å². The smallest absolute Gasteiger partial charge is 0.339 e. The van der Waals surface area contributed by atoms with Gasteiger partial charge in [-0.3, -0.25) is 4.79 Å². The number of amides is 1. The van der Waals surface area contributed by atoms with Crippen LogP contribution in [0.25, 0.3) is 0 Å². The van der Waals surface area contributed by atoms with E-state index in [1.54, 1.807) is 4.90 Å². The molecule has 5 heteroatoms. The lowest BCUT2D eigenvalue weighted by molar-refractivity contribution is 0.0687. The monoisotopic (exact) mass is 313 g/mol. The molecule has 1 unspecified atom stereocenters. The second-order valence-electron chi connectivity index (χ2n) is 5.67. The van der Waals surface area contributed by atoms with E-state index in [0.717, 1.165) is 18.4 Å². The number of aryl methyl sites for hydroxylation is 1. The Balaban J connectivity index is 1.89. The lowest BCUT2D eigenvalue weighted by Gasteiger charge is -2.24. The van der Waals surface area contributed by atoms with Crippen molar-refractivity contribution in [2.24, 2.45) is 0 Å². The summed E-state index contributed by atoms with van der Waals surface area (Å²) in [5.41, 5.74) is 1.17. The van der Waals surface area contributed by atoms with Crippen molar-refractivity contribution in [3.05, 3.63) is 59.0 Å². The fourth-order valence-electron chi connectivity index (χ4n) is 3.15. The zero-order valence-electron chi connectivity index (χ0n) is 13.0. The largest absolute Gasteiger partial charge is 0.478 e. The van der Waals surface area contributed by atoms with Crippen molar-refractivity contribution in [2.75, 3.05) is 6.54 Å². The van der Waals surface area contributed by atoms with E-state index in [1.807, 2.05) is 37.3 Å². The van der Waals surface area contributed by atoms with Gasteiger partial charge < -0.3 is 14.4 Å². The Kier molecular flexibility index (Phi) is 4.19. The topological polar surface area (TPSA) is 70.8 Å². The van der Waals surface area contributed by atoms with Crippen molar-refractivity contribution in [3.63, 3.8) is 0 Å². The third-order valence-electron chi connectivity index (χ3n) is 4.27. The Bertz CT molecular complexity index is 720. The van der Waals surface area contributed by atoms with Gasteiger partial charge in [0.2, 0.25) is 0 Å². The summed E-state index contributed by atoms with van der Waals surface area (Å²) >= 11 is 0. The van der Waals surface area contributed by atoms with E-state index in [0.29, 0.717) is 18.7 Å². The minimum Gasteiger partial charge on any atom is -0.478 e. The van der Waals surface area contributed by atoms with Crippen LogP contribution in [0.15, 0.2) is 40.8 Å². The Morgan fingerprint density at radius 2 is 2.04 bits per heavy atom. The number of rotatable bonds is 4. The van der Waals surface area contributed by atoms with Crippen LogP contribution in [0.3, 0.4) is 0 Å². The zero-order chi connectivity index (χ0) is 16.4. The maximum Gasteiger partial charge on any atom is 0.339 e. The highest BCUT2D eigenvalue weighted by atomic mass is 16.4. The second kappa shape index (κ2) is 6.28. The fourth-order valence-corrected chi connectivity index (χ4v) is 3.15. The number of nitrogens with zero attached hydrogens (tertiary/aromatic N) is 1. The normalized spacial score (nSPS) is 17.4. The number of carbonyl (C=O) groups is 2. The van der Waals surface area contributed by atoms with Crippen LogP contribution in [0.5, 0.6) is 0 Å². The van der Waals surface area contributed by atoms with Crippen LogP contribution in [-0.2, 0) is 6.42 Å². The molecule has 0 bridgehead atoms. The lowest BCUT2D eigenvalue weighted by Crippen LogP contribution is -2.30. The van der Waals surface area contributed by atoms with Gasteiger partial charge in [-0.25, -0.2) is 4.79 Å². The van der Waals surface area contributed by atoms with E-state index in [4.69, 9.17) is 4.42 Å². The average Bonchev–Trinajstić information content (AvgIpc) is 3.22. The molecule has 0 radical (unpaired) electrons. The summed E-state index contributed by atoms with van der Waals surface area (Å²) in [4.78, 5) is 25.8. The number of aromatic carboxylic acids is 1. The van der Waals surface area contributed by atoms with Crippen LogP contribution < -0.4 is 0 Å². The quantitative estimate of drug-likeness (QED) is 0.937. The fraction of sp³-hybridized carbons (Fsp3) is 0.333. The number of hydrogen-bond donors (Lipinski definition) is 1. The number of carboxylic acid groups (broad SMARTS) is 1. The van der Waals surface area contributed by atoms with E-state index in [9.17, 15) is 14.7 Å². The average molecular weight is 313 g/mol. The van der Waals surface area contributed by atoms with Crippen LogP contribution in [0.1, 0.15) is 58.0 Å². The van der Waals surface area contributed by atoms with Crippen molar-refractivity contribution < 1.29 is 19.1 Å². The highest BCUT2D eigenvalue weighted by Crippen LogP contribution is 2.33. The predicted octanol–water partition coefficient (Wildman–Crippen LogP) is 3.52. The van der Waals surface area contributed by atoms with Gasteiger partial charge >= 0.3 is 5.97 Å². The standard InChI is InChI=1S/C18H19NO4/c1-2-15-13(18(21)22)11-16(23-15)17(20)19-10-6-9-14(19)12-7-4-3-5-8-12/h3-5,7-8,11,14H,2,6,9-10H2,1H3,(H,21,22). The van der Waals surface area contributed by atoms with Gasteiger partial charge in [0.25, 0.3) is 5.91 Å². The molecule has 1 aliphatic heterocycles. The number of benzene rings is 1. The van der Waals surface area contributed by atoms with Gasteiger partial charge in [-0.1, -0.05) is 37.3 Å². The number of furan rings is 1. The Labute approximate surface area is 134 Å². The van der Waals surface area contributed by atoms with Crippen LogP contribution >= 0.6 is 0 Å². The molecule has 1 amide bonds. The van der Waals surface area contributed by atoms with Gasteiger partial charge in [-0.05, 0) is 18.4 Å². The zero-order valence-corrected chi connectivity index (χ0v) is 13.0. The molecule has 1 aromatic heterocycles. The van der Waals surface area contributed by atoms with E-state index in [1.165, 1.54) is 6.07 Å². The first-order valence-electron chi connectivity index (χ1n) is 7.83. The van der Waals surface area contributed by atoms with E-state index >= 15 is 0 Å². The summed E-state index contributed by atoms with van der Waals surface area (Å²) in [6, 6.07) is 11.3. The van der Waals surface area contributed by atoms with Crippen LogP contribution in [0.2, 0.25) is 0 Å². The Hall–Kier alpha value is -2.56.